The van der Waals surface area contributed by atoms with Crippen LogP contribution in [0.5, 0.6) is 5.75 Å². The van der Waals surface area contributed by atoms with Crippen molar-refractivity contribution in [2.75, 3.05) is 25.7 Å². The fourth-order valence-electron chi connectivity index (χ4n) is 1.57. The molecule has 0 aromatic heterocycles. The summed E-state index contributed by atoms with van der Waals surface area (Å²) in [6.07, 6.45) is 2.46. The monoisotopic (exact) mass is 375 g/mol. The van der Waals surface area contributed by atoms with E-state index in [1.807, 2.05) is 18.4 Å². The van der Waals surface area contributed by atoms with Gasteiger partial charge in [0.1, 0.15) is 11.8 Å². The van der Waals surface area contributed by atoms with E-state index in [9.17, 15) is 9.59 Å². The van der Waals surface area contributed by atoms with E-state index in [0.717, 1.165) is 10.2 Å². The number of carbonyl (C=O) groups excluding carboxylic acids is 2. The summed E-state index contributed by atoms with van der Waals surface area (Å²) < 4.78 is 10.9. The lowest BCUT2D eigenvalue weighted by atomic mass is 10.2. The van der Waals surface area contributed by atoms with Crippen LogP contribution in [0.4, 0.5) is 0 Å². The predicted molar refractivity (Wildman–Crippen MR) is 86.6 cm³/mol. The van der Waals surface area contributed by atoms with Crippen molar-refractivity contribution < 1.29 is 19.1 Å². The van der Waals surface area contributed by atoms with Crippen LogP contribution in [0.25, 0.3) is 0 Å². The molecule has 0 saturated heterocycles. The van der Waals surface area contributed by atoms with Gasteiger partial charge in [-0.1, -0.05) is 22.0 Å². The maximum atomic E-state index is 11.8. The van der Waals surface area contributed by atoms with Gasteiger partial charge in [-0.15, -0.1) is 0 Å². The molecule has 1 N–H and O–H groups in total. The molecule has 0 spiro atoms. The topological polar surface area (TPSA) is 64.6 Å². The Labute approximate surface area is 136 Å². The minimum atomic E-state index is -0.638. The van der Waals surface area contributed by atoms with Gasteiger partial charge < -0.3 is 14.8 Å². The van der Waals surface area contributed by atoms with Gasteiger partial charge in [0.05, 0.1) is 7.11 Å². The van der Waals surface area contributed by atoms with Crippen LogP contribution in [0.1, 0.15) is 6.42 Å². The first-order valence-corrected chi connectivity index (χ1v) is 8.50. The van der Waals surface area contributed by atoms with Crippen LogP contribution in [0, 0.1) is 0 Å². The second-order valence-electron chi connectivity index (χ2n) is 4.17. The lowest BCUT2D eigenvalue weighted by molar-refractivity contribution is -0.145. The number of hydrogen-bond acceptors (Lipinski definition) is 5. The number of amides is 1. The summed E-state index contributed by atoms with van der Waals surface area (Å²) in [5, 5.41) is 2.62. The van der Waals surface area contributed by atoms with Crippen LogP contribution < -0.4 is 10.1 Å². The summed E-state index contributed by atoms with van der Waals surface area (Å²) in [4.78, 5) is 23.4. The van der Waals surface area contributed by atoms with E-state index < -0.39 is 12.0 Å². The minimum absolute atomic E-state index is 0.150. The van der Waals surface area contributed by atoms with Gasteiger partial charge in [0.25, 0.3) is 5.91 Å². The second-order valence-corrected chi connectivity index (χ2v) is 6.07. The van der Waals surface area contributed by atoms with Gasteiger partial charge in [-0.25, -0.2) is 4.79 Å². The van der Waals surface area contributed by atoms with Crippen molar-refractivity contribution in [2.24, 2.45) is 0 Å². The van der Waals surface area contributed by atoms with E-state index in [4.69, 9.17) is 4.74 Å². The number of nitrogens with one attached hydrogen (secondary N) is 1. The largest absolute Gasteiger partial charge is 0.484 e. The Kier molecular flexibility index (Phi) is 8.22. The van der Waals surface area contributed by atoms with Gasteiger partial charge in [0, 0.05) is 4.47 Å². The van der Waals surface area contributed by atoms with E-state index in [0.29, 0.717) is 12.2 Å². The molecular weight excluding hydrogens is 358 g/mol. The third-order valence-corrected chi connectivity index (χ3v) is 3.73. The van der Waals surface area contributed by atoms with Crippen LogP contribution in [0.2, 0.25) is 0 Å². The van der Waals surface area contributed by atoms with Crippen LogP contribution in [-0.4, -0.2) is 43.6 Å². The standard InChI is InChI=1S/C14H18BrNO4S/c1-19-14(18)12(6-7-21-2)16-13(17)9-20-11-5-3-4-10(15)8-11/h3-5,8,12H,6-7,9H2,1-2H3,(H,16,17)/t12-/m0/s1. The highest BCUT2D eigenvalue weighted by atomic mass is 79.9. The Bertz CT molecular complexity index is 484. The first-order chi connectivity index (χ1) is 10.1. The Balaban J connectivity index is 2.47. The molecule has 1 aromatic carbocycles. The van der Waals surface area contributed by atoms with Crippen LogP contribution in [0.15, 0.2) is 28.7 Å². The summed E-state index contributed by atoms with van der Waals surface area (Å²) in [7, 11) is 1.30. The van der Waals surface area contributed by atoms with Gasteiger partial charge in [-0.3, -0.25) is 4.79 Å². The zero-order valence-corrected chi connectivity index (χ0v) is 14.3. The Morgan fingerprint density at radius 1 is 1.43 bits per heavy atom. The van der Waals surface area contributed by atoms with Gasteiger partial charge in [-0.2, -0.15) is 11.8 Å². The van der Waals surface area contributed by atoms with E-state index in [2.05, 4.69) is 26.0 Å². The van der Waals surface area contributed by atoms with Crippen molar-refractivity contribution in [3.8, 4) is 5.75 Å². The molecule has 0 heterocycles. The zero-order valence-electron chi connectivity index (χ0n) is 11.9. The molecule has 0 unspecified atom stereocenters. The average Bonchev–Trinajstić information content (AvgIpc) is 2.48. The lowest BCUT2D eigenvalue weighted by Crippen LogP contribution is -2.43. The molecule has 0 aliphatic carbocycles. The number of methoxy groups -OCH3 is 1. The normalized spacial score (nSPS) is 11.6. The Morgan fingerprint density at radius 2 is 2.19 bits per heavy atom. The summed E-state index contributed by atoms with van der Waals surface area (Å²) >= 11 is 4.92. The molecule has 5 nitrogen and oxygen atoms in total. The predicted octanol–water partition coefficient (Wildman–Crippen LogP) is 2.24. The number of esters is 1. The summed E-state index contributed by atoms with van der Waals surface area (Å²) in [5.41, 5.74) is 0. The fraction of sp³-hybridized carbons (Fsp3) is 0.429. The maximum absolute atomic E-state index is 11.8. The maximum Gasteiger partial charge on any atom is 0.328 e. The minimum Gasteiger partial charge on any atom is -0.484 e. The van der Waals surface area contributed by atoms with Gasteiger partial charge in [0.15, 0.2) is 6.61 Å². The molecule has 1 amide bonds. The molecule has 0 radical (unpaired) electrons. The lowest BCUT2D eigenvalue weighted by Gasteiger charge is -2.16. The van der Waals surface area contributed by atoms with Crippen molar-refractivity contribution in [3.05, 3.63) is 28.7 Å². The third kappa shape index (κ3) is 6.86. The van der Waals surface area contributed by atoms with E-state index in [1.165, 1.54) is 7.11 Å². The smallest absolute Gasteiger partial charge is 0.328 e. The molecule has 0 saturated carbocycles. The molecule has 7 heteroatoms. The van der Waals surface area contributed by atoms with Crippen LogP contribution in [0.3, 0.4) is 0 Å². The van der Waals surface area contributed by atoms with Crippen molar-refractivity contribution in [1.82, 2.24) is 5.32 Å². The Hall–Kier alpha value is -1.21. The molecule has 0 aliphatic rings. The highest BCUT2D eigenvalue weighted by Gasteiger charge is 2.21. The highest BCUT2D eigenvalue weighted by molar-refractivity contribution is 9.10. The van der Waals surface area contributed by atoms with E-state index in [1.54, 1.807) is 23.9 Å². The molecule has 116 valence electrons. The first kappa shape index (κ1) is 17.8. The quantitative estimate of drug-likeness (QED) is 0.705. The molecule has 1 aromatic rings. The van der Waals surface area contributed by atoms with Crippen molar-refractivity contribution >= 4 is 39.6 Å². The van der Waals surface area contributed by atoms with Crippen molar-refractivity contribution in [2.45, 2.75) is 12.5 Å². The number of carbonyl (C=O) groups is 2. The number of rotatable bonds is 8. The molecule has 0 aliphatic heterocycles. The fourth-order valence-corrected chi connectivity index (χ4v) is 2.42. The van der Waals surface area contributed by atoms with Gasteiger partial charge >= 0.3 is 5.97 Å². The van der Waals surface area contributed by atoms with Gasteiger partial charge in [-0.05, 0) is 36.6 Å². The molecule has 0 fully saturated rings. The zero-order chi connectivity index (χ0) is 15.7. The average molecular weight is 376 g/mol. The number of ether oxygens (including phenoxy) is 2. The van der Waals surface area contributed by atoms with E-state index >= 15 is 0 Å². The first-order valence-electron chi connectivity index (χ1n) is 6.31. The summed E-state index contributed by atoms with van der Waals surface area (Å²) in [6.45, 7) is -0.150. The number of hydrogen-bond donors (Lipinski definition) is 1. The SMILES string of the molecule is COC(=O)[C@H](CCSC)NC(=O)COc1cccc(Br)c1. The molecule has 1 rings (SSSR count). The molecular formula is C14H18BrNO4S. The number of thioether (sulfide) groups is 1. The summed E-state index contributed by atoms with van der Waals surface area (Å²) in [6, 6.07) is 6.55. The van der Waals surface area contributed by atoms with Crippen molar-refractivity contribution in [3.63, 3.8) is 0 Å². The van der Waals surface area contributed by atoms with Crippen LogP contribution >= 0.6 is 27.7 Å². The molecule has 1 atom stereocenters. The van der Waals surface area contributed by atoms with Crippen LogP contribution in [-0.2, 0) is 14.3 Å². The number of benzene rings is 1. The Morgan fingerprint density at radius 3 is 2.81 bits per heavy atom. The second kappa shape index (κ2) is 9.68. The molecule has 0 bridgehead atoms. The molecule has 21 heavy (non-hydrogen) atoms. The highest BCUT2D eigenvalue weighted by Crippen LogP contribution is 2.17. The summed E-state index contributed by atoms with van der Waals surface area (Å²) in [5.74, 6) is 0.539. The third-order valence-electron chi connectivity index (χ3n) is 2.60. The number of halogens is 1. The van der Waals surface area contributed by atoms with Gasteiger partial charge in [0.2, 0.25) is 0 Å². The van der Waals surface area contributed by atoms with Crippen molar-refractivity contribution in [1.29, 1.82) is 0 Å². The van der Waals surface area contributed by atoms with E-state index in [-0.39, 0.29) is 12.5 Å².